The van der Waals surface area contributed by atoms with Gasteiger partial charge in [-0.1, -0.05) is 0 Å². The number of fused-ring (bicyclic) bond motifs is 2. The normalized spacial score (nSPS) is 44.0. The van der Waals surface area contributed by atoms with Gasteiger partial charge in [-0.3, -0.25) is 10.1 Å². The summed E-state index contributed by atoms with van der Waals surface area (Å²) in [5.74, 6) is 3.09. The molecule has 0 radical (unpaired) electrons. The predicted molar refractivity (Wildman–Crippen MR) is 118 cm³/mol. The number of likely N-dealkylation sites (tertiary alicyclic amines) is 1. The molecule has 1 amide bonds. The molecule has 1 spiro atoms. The zero-order chi connectivity index (χ0) is 21.0. The molecule has 4 saturated carbocycles. The molecule has 5 unspecified atom stereocenters. The van der Waals surface area contributed by atoms with Gasteiger partial charge in [0, 0.05) is 35.9 Å². The molecule has 2 aliphatic heterocycles. The quantitative estimate of drug-likeness (QED) is 0.726. The Morgan fingerprint density at radius 2 is 1.74 bits per heavy atom. The average Bonchev–Trinajstić information content (AvgIpc) is 3.58. The Hall–Kier alpha value is -1.12. The predicted octanol–water partition coefficient (Wildman–Crippen LogP) is 4.37. The molecule has 2 heterocycles. The smallest absolute Gasteiger partial charge is 0.226 e. The molecule has 0 bridgehead atoms. The van der Waals surface area contributed by atoms with Crippen LogP contribution in [0.1, 0.15) is 89.9 Å². The van der Waals surface area contributed by atoms with E-state index in [1.807, 2.05) is 0 Å². The fourth-order valence-corrected chi connectivity index (χ4v) is 7.95. The second kappa shape index (κ2) is 8.03. The van der Waals surface area contributed by atoms with Crippen LogP contribution < -0.4 is 5.32 Å². The molecule has 0 aromatic heterocycles. The topological polar surface area (TPSA) is 65.4 Å². The Labute approximate surface area is 187 Å². The van der Waals surface area contributed by atoms with Gasteiger partial charge in [-0.15, -0.1) is 0 Å². The highest BCUT2D eigenvalue weighted by Crippen LogP contribution is 2.61. The highest BCUT2D eigenvalue weighted by molar-refractivity contribution is 5.81. The maximum absolute atomic E-state index is 13.7. The van der Waals surface area contributed by atoms with Crippen molar-refractivity contribution in [2.45, 2.75) is 114 Å². The molecule has 31 heavy (non-hydrogen) atoms. The summed E-state index contributed by atoms with van der Waals surface area (Å²) in [6.45, 7) is 1.09. The molecule has 5 atom stereocenters. The molecule has 5 nitrogen and oxygen atoms in total. The second-order valence-corrected chi connectivity index (χ2v) is 11.7. The maximum Gasteiger partial charge on any atom is 0.226 e. The van der Waals surface area contributed by atoms with Gasteiger partial charge in [-0.2, -0.15) is 5.26 Å². The first-order valence-electron chi connectivity index (χ1n) is 13.3. The highest BCUT2D eigenvalue weighted by atomic mass is 16.5. The van der Waals surface area contributed by atoms with Gasteiger partial charge in [0.2, 0.25) is 5.91 Å². The van der Waals surface area contributed by atoms with Gasteiger partial charge in [-0.25, -0.2) is 0 Å². The molecular formula is C26H39N3O2. The van der Waals surface area contributed by atoms with Crippen molar-refractivity contribution in [3.63, 3.8) is 0 Å². The minimum atomic E-state index is 0.177. The van der Waals surface area contributed by atoms with E-state index in [1.54, 1.807) is 0 Å². The van der Waals surface area contributed by atoms with Crippen molar-refractivity contribution in [2.24, 2.45) is 29.6 Å². The fraction of sp³-hybridized carbons (Fsp3) is 0.923. The van der Waals surface area contributed by atoms with Crippen molar-refractivity contribution in [1.82, 2.24) is 10.2 Å². The lowest BCUT2D eigenvalue weighted by molar-refractivity contribution is -0.215. The zero-order valence-electron chi connectivity index (χ0n) is 18.9. The molecule has 0 aromatic carbocycles. The molecular weight excluding hydrogens is 386 g/mol. The van der Waals surface area contributed by atoms with Crippen LogP contribution in [0.2, 0.25) is 0 Å². The summed E-state index contributed by atoms with van der Waals surface area (Å²) in [6.07, 6.45) is 17.1. The number of nitriles is 1. The maximum atomic E-state index is 13.7. The lowest BCUT2D eigenvalue weighted by Crippen LogP contribution is -2.79. The first-order valence-corrected chi connectivity index (χ1v) is 13.3. The highest BCUT2D eigenvalue weighted by Gasteiger charge is 2.65. The Morgan fingerprint density at radius 1 is 0.968 bits per heavy atom. The van der Waals surface area contributed by atoms with Gasteiger partial charge >= 0.3 is 0 Å². The standard InChI is InChI=1S/C26H39N3O2/c27-15-17-2-4-18(5-3-17)25(30)29-23-14-19(6-10-22(23)26(29)12-1-13-26)20-7-11-24(28-16-20)31-21-8-9-21/h17-24,28H,1-14,16H2. The second-order valence-electron chi connectivity index (χ2n) is 11.7. The molecule has 2 saturated heterocycles. The van der Waals surface area contributed by atoms with Crippen LogP contribution in [0.15, 0.2) is 0 Å². The molecule has 170 valence electrons. The van der Waals surface area contributed by atoms with Crippen molar-refractivity contribution in [2.75, 3.05) is 6.54 Å². The van der Waals surface area contributed by atoms with E-state index in [0.717, 1.165) is 56.4 Å². The van der Waals surface area contributed by atoms with Crippen LogP contribution in [0.25, 0.3) is 0 Å². The first-order chi connectivity index (χ1) is 15.2. The Balaban J connectivity index is 1.09. The van der Waals surface area contributed by atoms with E-state index in [2.05, 4.69) is 16.3 Å². The number of carbonyl (C=O) groups is 1. The third kappa shape index (κ3) is 3.53. The van der Waals surface area contributed by atoms with Crippen LogP contribution in [0.3, 0.4) is 0 Å². The van der Waals surface area contributed by atoms with Crippen molar-refractivity contribution in [3.05, 3.63) is 0 Å². The van der Waals surface area contributed by atoms with E-state index < -0.39 is 0 Å². The van der Waals surface area contributed by atoms with Gasteiger partial charge in [0.1, 0.15) is 6.23 Å². The molecule has 0 aromatic rings. The number of amides is 1. The third-order valence-electron chi connectivity index (χ3n) is 10.0. The van der Waals surface area contributed by atoms with Gasteiger partial charge < -0.3 is 9.64 Å². The van der Waals surface area contributed by atoms with Crippen LogP contribution in [0, 0.1) is 40.9 Å². The summed E-state index contributed by atoms with van der Waals surface area (Å²) >= 11 is 0. The number of piperidine rings is 1. The minimum absolute atomic E-state index is 0.177. The number of carbonyl (C=O) groups excluding carboxylic acids is 1. The number of hydrogen-bond acceptors (Lipinski definition) is 4. The van der Waals surface area contributed by atoms with E-state index in [9.17, 15) is 10.1 Å². The largest absolute Gasteiger partial charge is 0.360 e. The molecule has 1 N–H and O–H groups in total. The van der Waals surface area contributed by atoms with Crippen LogP contribution >= 0.6 is 0 Å². The first kappa shape index (κ1) is 20.5. The van der Waals surface area contributed by atoms with Crippen molar-refractivity contribution in [3.8, 4) is 6.07 Å². The monoisotopic (exact) mass is 425 g/mol. The van der Waals surface area contributed by atoms with E-state index >= 15 is 0 Å². The summed E-state index contributed by atoms with van der Waals surface area (Å²) < 4.78 is 6.08. The average molecular weight is 426 g/mol. The van der Waals surface area contributed by atoms with Crippen molar-refractivity contribution >= 4 is 5.91 Å². The molecule has 4 aliphatic carbocycles. The lowest BCUT2D eigenvalue weighted by Gasteiger charge is -2.71. The van der Waals surface area contributed by atoms with Gasteiger partial charge in [0.25, 0.3) is 0 Å². The molecule has 6 fully saturated rings. The van der Waals surface area contributed by atoms with E-state index in [1.165, 1.54) is 57.8 Å². The molecule has 5 heteroatoms. The summed E-state index contributed by atoms with van der Waals surface area (Å²) in [7, 11) is 0. The summed E-state index contributed by atoms with van der Waals surface area (Å²) in [6, 6.07) is 2.92. The number of hydrogen-bond donors (Lipinski definition) is 1. The van der Waals surface area contributed by atoms with Crippen molar-refractivity contribution in [1.29, 1.82) is 5.26 Å². The van der Waals surface area contributed by atoms with Crippen LogP contribution in [0.5, 0.6) is 0 Å². The summed E-state index contributed by atoms with van der Waals surface area (Å²) in [4.78, 5) is 16.1. The Morgan fingerprint density at radius 3 is 2.35 bits per heavy atom. The Bertz CT molecular complexity index is 723. The van der Waals surface area contributed by atoms with Crippen LogP contribution in [-0.4, -0.2) is 41.3 Å². The summed E-state index contributed by atoms with van der Waals surface area (Å²) in [5, 5.41) is 12.9. The molecule has 6 rings (SSSR count). The van der Waals surface area contributed by atoms with E-state index in [-0.39, 0.29) is 23.6 Å². The minimum Gasteiger partial charge on any atom is -0.360 e. The zero-order valence-corrected chi connectivity index (χ0v) is 18.9. The number of nitrogens with one attached hydrogen (secondary N) is 1. The lowest BCUT2D eigenvalue weighted by atomic mass is 9.51. The number of ether oxygens (including phenoxy) is 1. The van der Waals surface area contributed by atoms with Crippen LogP contribution in [0.4, 0.5) is 0 Å². The molecule has 6 aliphatic rings. The fourth-order valence-electron chi connectivity index (χ4n) is 7.95. The van der Waals surface area contributed by atoms with Crippen molar-refractivity contribution < 1.29 is 9.53 Å². The number of rotatable bonds is 4. The van der Waals surface area contributed by atoms with Gasteiger partial charge in [0.15, 0.2) is 0 Å². The van der Waals surface area contributed by atoms with Crippen LogP contribution in [-0.2, 0) is 9.53 Å². The SMILES string of the molecule is N#CC1CCC(C(=O)N2C3CC(C4CCC(OC5CC5)NC4)CCC3C23CCC3)CC1. The van der Waals surface area contributed by atoms with E-state index in [4.69, 9.17) is 4.74 Å². The third-order valence-corrected chi connectivity index (χ3v) is 10.0. The van der Waals surface area contributed by atoms with E-state index in [0.29, 0.717) is 18.1 Å². The number of nitrogens with zero attached hydrogens (tertiary/aromatic N) is 2. The van der Waals surface area contributed by atoms with Gasteiger partial charge in [-0.05, 0) is 102 Å². The van der Waals surface area contributed by atoms with Gasteiger partial charge in [0.05, 0.1) is 12.2 Å². The summed E-state index contributed by atoms with van der Waals surface area (Å²) in [5.41, 5.74) is 0.229. The Kier molecular flexibility index (Phi) is 5.30.